The first-order chi connectivity index (χ1) is 14.1. The molecular weight excluding hydrogens is 381 g/mol. The van der Waals surface area contributed by atoms with Crippen LogP contribution in [-0.4, -0.2) is 21.7 Å². The number of fused-ring (bicyclic) bond motifs is 1. The van der Waals surface area contributed by atoms with Crippen molar-refractivity contribution in [3.63, 3.8) is 0 Å². The fourth-order valence-electron chi connectivity index (χ4n) is 3.58. The quantitative estimate of drug-likeness (QED) is 0.542. The number of nitrogens with one attached hydrogen (secondary N) is 1. The van der Waals surface area contributed by atoms with Gasteiger partial charge in [0.1, 0.15) is 17.3 Å². The molecule has 0 saturated heterocycles. The number of anilines is 1. The van der Waals surface area contributed by atoms with Crippen molar-refractivity contribution in [1.82, 2.24) is 15.1 Å². The van der Waals surface area contributed by atoms with E-state index in [-0.39, 0.29) is 17.2 Å². The molecule has 8 heteroatoms. The van der Waals surface area contributed by atoms with Crippen LogP contribution in [0.15, 0.2) is 59.5 Å². The Labute approximate surface area is 163 Å². The molecule has 144 valence electrons. The topological polar surface area (TPSA) is 63.8 Å². The molecule has 0 aliphatic carbocycles. The maximum Gasteiger partial charge on any atom is 0.166 e. The molecule has 29 heavy (non-hydrogen) atoms. The van der Waals surface area contributed by atoms with Gasteiger partial charge in [-0.15, -0.1) is 0 Å². The second-order valence-electron chi connectivity index (χ2n) is 6.63. The van der Waals surface area contributed by atoms with Gasteiger partial charge in [-0.05, 0) is 24.3 Å². The van der Waals surface area contributed by atoms with Crippen LogP contribution in [0.2, 0.25) is 0 Å². The van der Waals surface area contributed by atoms with E-state index < -0.39 is 17.5 Å². The Morgan fingerprint density at radius 3 is 2.69 bits per heavy atom. The highest BCUT2D eigenvalue weighted by Crippen LogP contribution is 2.41. The summed E-state index contributed by atoms with van der Waals surface area (Å²) in [5.74, 6) is -1.75. The highest BCUT2D eigenvalue weighted by Gasteiger charge is 2.32. The van der Waals surface area contributed by atoms with Gasteiger partial charge >= 0.3 is 0 Å². The summed E-state index contributed by atoms with van der Waals surface area (Å²) in [7, 11) is 0. The Hall–Kier alpha value is -3.68. The monoisotopic (exact) mass is 394 g/mol. The van der Waals surface area contributed by atoms with Gasteiger partial charge < -0.3 is 9.84 Å². The lowest BCUT2D eigenvalue weighted by atomic mass is 9.93. The minimum absolute atomic E-state index is 0.0644. The van der Waals surface area contributed by atoms with Gasteiger partial charge in [0.15, 0.2) is 17.4 Å². The zero-order valence-electron chi connectivity index (χ0n) is 14.9. The van der Waals surface area contributed by atoms with Crippen LogP contribution in [0.5, 0.6) is 0 Å². The molecule has 1 aromatic carbocycles. The lowest BCUT2D eigenvalue weighted by Crippen LogP contribution is -2.04. The first kappa shape index (κ1) is 17.4. The average molecular weight is 394 g/mol. The number of hydrogen-bond acceptors (Lipinski definition) is 5. The molecule has 0 bridgehead atoms. The molecule has 0 spiro atoms. The fourth-order valence-corrected chi connectivity index (χ4v) is 3.58. The minimum atomic E-state index is -0.967. The van der Waals surface area contributed by atoms with Crippen LogP contribution in [0.25, 0.3) is 22.4 Å². The third-order valence-electron chi connectivity index (χ3n) is 4.95. The van der Waals surface area contributed by atoms with Crippen molar-refractivity contribution in [3.8, 4) is 22.4 Å². The maximum atomic E-state index is 14.3. The molecular formula is C21H13F3N4O. The first-order valence-electron chi connectivity index (χ1n) is 8.87. The van der Waals surface area contributed by atoms with E-state index in [4.69, 9.17) is 4.52 Å². The van der Waals surface area contributed by atoms with Crippen LogP contribution in [-0.2, 0) is 0 Å². The third-order valence-corrected chi connectivity index (χ3v) is 4.95. The predicted octanol–water partition coefficient (Wildman–Crippen LogP) is 4.77. The molecule has 0 radical (unpaired) electrons. The van der Waals surface area contributed by atoms with Gasteiger partial charge in [-0.25, -0.2) is 18.2 Å². The summed E-state index contributed by atoms with van der Waals surface area (Å²) in [6, 6.07) is 8.55. The van der Waals surface area contributed by atoms with Crippen molar-refractivity contribution in [2.75, 3.05) is 11.9 Å². The van der Waals surface area contributed by atoms with E-state index in [1.807, 2.05) is 0 Å². The van der Waals surface area contributed by atoms with Gasteiger partial charge in [0, 0.05) is 41.2 Å². The number of rotatable bonds is 3. The normalized spacial score (nSPS) is 15.2. The number of pyridine rings is 2. The minimum Gasteiger partial charge on any atom is -0.369 e. The molecule has 1 unspecified atom stereocenters. The van der Waals surface area contributed by atoms with Crippen LogP contribution < -0.4 is 5.32 Å². The molecule has 4 aromatic rings. The van der Waals surface area contributed by atoms with E-state index in [0.29, 0.717) is 29.2 Å². The molecule has 5 nitrogen and oxygen atoms in total. The zero-order chi connectivity index (χ0) is 20.0. The van der Waals surface area contributed by atoms with Crippen LogP contribution in [0, 0.1) is 17.5 Å². The summed E-state index contributed by atoms with van der Waals surface area (Å²) in [5, 5.41) is 6.95. The van der Waals surface area contributed by atoms with Gasteiger partial charge in [-0.3, -0.25) is 4.98 Å². The van der Waals surface area contributed by atoms with Gasteiger partial charge in [-0.2, -0.15) is 0 Å². The molecule has 1 aliphatic rings. The number of hydrogen-bond donors (Lipinski definition) is 1. The number of benzene rings is 1. The van der Waals surface area contributed by atoms with E-state index in [0.717, 1.165) is 11.6 Å². The van der Waals surface area contributed by atoms with E-state index in [9.17, 15) is 13.2 Å². The summed E-state index contributed by atoms with van der Waals surface area (Å²) in [5.41, 5.74) is 1.85. The van der Waals surface area contributed by atoms with Crippen LogP contribution in [0.1, 0.15) is 17.2 Å². The fraction of sp³-hybridized carbons (Fsp3) is 0.0952. The summed E-state index contributed by atoms with van der Waals surface area (Å²) >= 11 is 0. The smallest absolute Gasteiger partial charge is 0.166 e. The molecule has 0 amide bonds. The van der Waals surface area contributed by atoms with Crippen LogP contribution >= 0.6 is 0 Å². The number of nitrogens with zero attached hydrogens (tertiary/aromatic N) is 3. The predicted molar refractivity (Wildman–Crippen MR) is 99.6 cm³/mol. The molecule has 1 N–H and O–H groups in total. The van der Waals surface area contributed by atoms with Gasteiger partial charge in [0.05, 0.1) is 12.1 Å². The SMILES string of the molecule is Fc1cccnc1-c1cnc2c(c1)C(c1oncc1-c1cccc(F)c1F)CN2. The molecule has 1 atom stereocenters. The summed E-state index contributed by atoms with van der Waals surface area (Å²) in [6.07, 6.45) is 4.40. The van der Waals surface area contributed by atoms with E-state index in [1.165, 1.54) is 42.9 Å². The van der Waals surface area contributed by atoms with E-state index in [1.54, 1.807) is 6.07 Å². The van der Waals surface area contributed by atoms with Crippen molar-refractivity contribution >= 4 is 5.82 Å². The Morgan fingerprint density at radius 1 is 0.966 bits per heavy atom. The Morgan fingerprint density at radius 2 is 1.83 bits per heavy atom. The average Bonchev–Trinajstić information content (AvgIpc) is 3.36. The van der Waals surface area contributed by atoms with Crippen molar-refractivity contribution in [1.29, 1.82) is 0 Å². The van der Waals surface area contributed by atoms with Crippen LogP contribution in [0.3, 0.4) is 0 Å². The van der Waals surface area contributed by atoms with Crippen molar-refractivity contribution in [2.24, 2.45) is 0 Å². The van der Waals surface area contributed by atoms with E-state index in [2.05, 4.69) is 20.4 Å². The maximum absolute atomic E-state index is 14.3. The Bertz CT molecular complexity index is 1220. The Kier molecular flexibility index (Phi) is 4.04. The number of aromatic nitrogens is 3. The Balaban J connectivity index is 1.60. The summed E-state index contributed by atoms with van der Waals surface area (Å²) in [4.78, 5) is 8.44. The molecule has 3 aromatic heterocycles. The van der Waals surface area contributed by atoms with Crippen molar-refractivity contribution < 1.29 is 17.7 Å². The van der Waals surface area contributed by atoms with Gasteiger partial charge in [0.25, 0.3) is 0 Å². The van der Waals surface area contributed by atoms with E-state index >= 15 is 0 Å². The van der Waals surface area contributed by atoms with Gasteiger partial charge in [0.2, 0.25) is 0 Å². The van der Waals surface area contributed by atoms with Gasteiger partial charge in [-0.1, -0.05) is 17.3 Å². The summed E-state index contributed by atoms with van der Waals surface area (Å²) in [6.45, 7) is 0.426. The second kappa shape index (κ2) is 6.73. The lowest BCUT2D eigenvalue weighted by molar-refractivity contribution is 0.376. The van der Waals surface area contributed by atoms with Crippen molar-refractivity contribution in [2.45, 2.75) is 5.92 Å². The molecule has 1 aliphatic heterocycles. The zero-order valence-corrected chi connectivity index (χ0v) is 14.9. The first-order valence-corrected chi connectivity index (χ1v) is 8.87. The van der Waals surface area contributed by atoms with Crippen molar-refractivity contribution in [3.05, 3.63) is 83.8 Å². The number of halogens is 3. The highest BCUT2D eigenvalue weighted by atomic mass is 19.2. The third kappa shape index (κ3) is 2.84. The molecule has 4 heterocycles. The second-order valence-corrected chi connectivity index (χ2v) is 6.63. The molecule has 5 rings (SSSR count). The molecule has 0 fully saturated rings. The lowest BCUT2D eigenvalue weighted by Gasteiger charge is -2.11. The largest absolute Gasteiger partial charge is 0.369 e. The molecule has 0 saturated carbocycles. The highest BCUT2D eigenvalue weighted by molar-refractivity contribution is 5.71. The van der Waals surface area contributed by atoms with Crippen LogP contribution in [0.4, 0.5) is 19.0 Å². The summed E-state index contributed by atoms with van der Waals surface area (Å²) < 4.78 is 47.6. The standard InChI is InChI=1S/C21H13F3N4O/c22-16-4-1-3-12(18(16)24)15-10-28-29-20(15)14-9-27-21-13(14)7-11(8-26-21)19-17(23)5-2-6-25-19/h1-8,10,14H,9H2,(H,26,27).